The number of nitrogens with one attached hydrogen (secondary N) is 2. The summed E-state index contributed by atoms with van der Waals surface area (Å²) in [4.78, 5) is 4.38. The van der Waals surface area contributed by atoms with Crippen molar-refractivity contribution in [3.05, 3.63) is 12.7 Å². The Hall–Kier alpha value is -0.990. The van der Waals surface area contributed by atoms with Crippen LogP contribution in [0.1, 0.15) is 46.5 Å². The highest BCUT2D eigenvalue weighted by Gasteiger charge is 2.03. The topological polar surface area (TPSA) is 36.4 Å². The van der Waals surface area contributed by atoms with E-state index in [0.717, 1.165) is 12.5 Å². The molecule has 0 spiro atoms. The molecule has 0 aliphatic rings. The highest BCUT2D eigenvalue weighted by molar-refractivity contribution is 5.80. The Labute approximate surface area is 100 Å². The average Bonchev–Trinajstić information content (AvgIpc) is 2.26. The normalized spacial score (nSPS) is 13.3. The van der Waals surface area contributed by atoms with E-state index in [9.17, 15) is 0 Å². The van der Waals surface area contributed by atoms with Gasteiger partial charge in [-0.3, -0.25) is 0 Å². The second-order valence-electron chi connectivity index (χ2n) is 4.05. The third-order valence-electron chi connectivity index (χ3n) is 2.35. The van der Waals surface area contributed by atoms with Crippen LogP contribution in [0.15, 0.2) is 17.6 Å². The summed E-state index contributed by atoms with van der Waals surface area (Å²) in [5, 5.41) is 6.63. The van der Waals surface area contributed by atoms with Gasteiger partial charge in [0, 0.05) is 12.6 Å². The first kappa shape index (κ1) is 15.0. The van der Waals surface area contributed by atoms with Gasteiger partial charge in [0.1, 0.15) is 0 Å². The van der Waals surface area contributed by atoms with Crippen LogP contribution in [0, 0.1) is 0 Å². The first-order chi connectivity index (χ1) is 7.74. The molecule has 0 fully saturated rings. The number of guanidine groups is 1. The van der Waals surface area contributed by atoms with Crippen molar-refractivity contribution in [1.29, 1.82) is 0 Å². The molecule has 0 rings (SSSR count). The van der Waals surface area contributed by atoms with Gasteiger partial charge in [-0.05, 0) is 20.3 Å². The zero-order valence-electron chi connectivity index (χ0n) is 11.1. The second kappa shape index (κ2) is 10.5. The van der Waals surface area contributed by atoms with Gasteiger partial charge >= 0.3 is 0 Å². The fourth-order valence-electron chi connectivity index (χ4n) is 1.48. The molecule has 0 aliphatic heterocycles. The van der Waals surface area contributed by atoms with Crippen LogP contribution >= 0.6 is 0 Å². The standard InChI is InChI=1S/C13H27N3/c1-5-8-9-10-12(4)16-13(14-7-3)15-11-6-2/h6,12H,2,5,7-11H2,1,3-4H3,(H2,14,15,16). The fourth-order valence-corrected chi connectivity index (χ4v) is 1.48. The lowest BCUT2D eigenvalue weighted by atomic mass is 10.1. The number of aliphatic imine (C=N–C) groups is 1. The van der Waals surface area contributed by atoms with Gasteiger partial charge in [-0.2, -0.15) is 0 Å². The minimum atomic E-state index is 0.481. The van der Waals surface area contributed by atoms with E-state index in [4.69, 9.17) is 0 Å². The van der Waals surface area contributed by atoms with E-state index in [2.05, 4.69) is 43.0 Å². The lowest BCUT2D eigenvalue weighted by Crippen LogP contribution is -2.42. The molecular formula is C13H27N3. The Bertz CT molecular complexity index is 199. The molecule has 0 aromatic rings. The largest absolute Gasteiger partial charge is 0.357 e. The Kier molecular flexibility index (Phi) is 9.87. The van der Waals surface area contributed by atoms with Crippen molar-refractivity contribution in [3.8, 4) is 0 Å². The van der Waals surface area contributed by atoms with Gasteiger partial charge in [0.25, 0.3) is 0 Å². The smallest absolute Gasteiger partial charge is 0.191 e. The number of nitrogens with zero attached hydrogens (tertiary/aromatic N) is 1. The molecule has 0 aliphatic carbocycles. The fraction of sp³-hybridized carbons (Fsp3) is 0.769. The van der Waals surface area contributed by atoms with E-state index in [1.807, 2.05) is 0 Å². The van der Waals surface area contributed by atoms with Crippen LogP contribution in [0.4, 0.5) is 0 Å². The van der Waals surface area contributed by atoms with Crippen LogP contribution in [0.2, 0.25) is 0 Å². The Morgan fingerprint density at radius 3 is 2.69 bits per heavy atom. The highest BCUT2D eigenvalue weighted by Crippen LogP contribution is 2.02. The average molecular weight is 225 g/mol. The van der Waals surface area contributed by atoms with Crippen LogP contribution in [-0.2, 0) is 0 Å². The van der Waals surface area contributed by atoms with E-state index in [0.29, 0.717) is 12.6 Å². The molecule has 3 nitrogen and oxygen atoms in total. The van der Waals surface area contributed by atoms with Crippen LogP contribution in [0.5, 0.6) is 0 Å². The Balaban J connectivity index is 3.91. The zero-order chi connectivity index (χ0) is 12.2. The minimum Gasteiger partial charge on any atom is -0.357 e. The molecule has 1 unspecified atom stereocenters. The highest BCUT2D eigenvalue weighted by atomic mass is 15.2. The van der Waals surface area contributed by atoms with Crippen molar-refractivity contribution in [2.24, 2.45) is 4.99 Å². The van der Waals surface area contributed by atoms with E-state index in [-0.39, 0.29) is 0 Å². The third kappa shape index (κ3) is 8.33. The SMILES string of the molecule is C=CCN=C(NCC)NC(C)CCCCC. The molecule has 0 bridgehead atoms. The van der Waals surface area contributed by atoms with E-state index in [1.54, 1.807) is 6.08 Å². The maximum Gasteiger partial charge on any atom is 0.191 e. The van der Waals surface area contributed by atoms with Crippen molar-refractivity contribution in [3.63, 3.8) is 0 Å². The maximum atomic E-state index is 4.38. The van der Waals surface area contributed by atoms with Crippen LogP contribution in [0.25, 0.3) is 0 Å². The molecule has 3 heteroatoms. The second-order valence-corrected chi connectivity index (χ2v) is 4.05. The number of unbranched alkanes of at least 4 members (excludes halogenated alkanes) is 2. The van der Waals surface area contributed by atoms with Crippen molar-refractivity contribution in [1.82, 2.24) is 10.6 Å². The van der Waals surface area contributed by atoms with Gasteiger partial charge in [-0.25, -0.2) is 4.99 Å². The molecule has 2 N–H and O–H groups in total. The first-order valence-electron chi connectivity index (χ1n) is 6.40. The van der Waals surface area contributed by atoms with Gasteiger partial charge in [-0.1, -0.05) is 32.3 Å². The summed E-state index contributed by atoms with van der Waals surface area (Å²) in [6.07, 6.45) is 6.88. The summed E-state index contributed by atoms with van der Waals surface area (Å²) >= 11 is 0. The van der Waals surface area contributed by atoms with Crippen LogP contribution in [0.3, 0.4) is 0 Å². The molecule has 0 saturated carbocycles. The molecule has 1 atom stereocenters. The quantitative estimate of drug-likeness (QED) is 0.288. The van der Waals surface area contributed by atoms with Gasteiger partial charge in [0.2, 0.25) is 0 Å². The van der Waals surface area contributed by atoms with Gasteiger partial charge < -0.3 is 10.6 Å². The minimum absolute atomic E-state index is 0.481. The molecule has 94 valence electrons. The van der Waals surface area contributed by atoms with Crippen molar-refractivity contribution in [2.45, 2.75) is 52.5 Å². The van der Waals surface area contributed by atoms with Crippen molar-refractivity contribution in [2.75, 3.05) is 13.1 Å². The maximum absolute atomic E-state index is 4.38. The molecule has 16 heavy (non-hydrogen) atoms. The number of rotatable bonds is 8. The third-order valence-corrected chi connectivity index (χ3v) is 2.35. The summed E-state index contributed by atoms with van der Waals surface area (Å²) in [7, 11) is 0. The number of hydrogen-bond donors (Lipinski definition) is 2. The summed E-state index contributed by atoms with van der Waals surface area (Å²) in [5.41, 5.74) is 0. The van der Waals surface area contributed by atoms with E-state index < -0.39 is 0 Å². The summed E-state index contributed by atoms with van der Waals surface area (Å²) < 4.78 is 0. The lowest BCUT2D eigenvalue weighted by molar-refractivity contribution is 0.547. The molecule has 0 saturated heterocycles. The Morgan fingerprint density at radius 1 is 1.38 bits per heavy atom. The van der Waals surface area contributed by atoms with Gasteiger partial charge in [-0.15, -0.1) is 6.58 Å². The zero-order valence-corrected chi connectivity index (χ0v) is 11.1. The summed E-state index contributed by atoms with van der Waals surface area (Å²) in [6.45, 7) is 11.7. The van der Waals surface area contributed by atoms with E-state index >= 15 is 0 Å². The molecule has 0 aromatic heterocycles. The van der Waals surface area contributed by atoms with E-state index in [1.165, 1.54) is 25.7 Å². The van der Waals surface area contributed by atoms with Gasteiger partial charge in [0.15, 0.2) is 5.96 Å². The van der Waals surface area contributed by atoms with Crippen molar-refractivity contribution < 1.29 is 0 Å². The lowest BCUT2D eigenvalue weighted by Gasteiger charge is -2.17. The molecule has 0 aromatic carbocycles. The summed E-state index contributed by atoms with van der Waals surface area (Å²) in [5.74, 6) is 0.895. The molecule has 0 amide bonds. The molecule has 0 heterocycles. The van der Waals surface area contributed by atoms with Crippen molar-refractivity contribution >= 4 is 5.96 Å². The summed E-state index contributed by atoms with van der Waals surface area (Å²) in [6, 6.07) is 0.481. The first-order valence-corrected chi connectivity index (χ1v) is 6.40. The predicted molar refractivity (Wildman–Crippen MR) is 72.9 cm³/mol. The van der Waals surface area contributed by atoms with Crippen LogP contribution < -0.4 is 10.6 Å². The predicted octanol–water partition coefficient (Wildman–Crippen LogP) is 2.70. The van der Waals surface area contributed by atoms with Gasteiger partial charge in [0.05, 0.1) is 6.54 Å². The molecule has 0 radical (unpaired) electrons. The monoisotopic (exact) mass is 225 g/mol. The Morgan fingerprint density at radius 2 is 2.12 bits per heavy atom. The molecular weight excluding hydrogens is 198 g/mol. The number of hydrogen-bond acceptors (Lipinski definition) is 1. The van der Waals surface area contributed by atoms with Crippen LogP contribution in [-0.4, -0.2) is 25.1 Å².